The first-order valence-corrected chi connectivity index (χ1v) is 10.5. The maximum Gasteiger partial charge on any atom is 0.348 e. The fraction of sp³-hybridized carbons (Fsp3) is 0.269. The highest BCUT2D eigenvalue weighted by Crippen LogP contribution is 2.35. The van der Waals surface area contributed by atoms with Crippen LogP contribution in [0.1, 0.15) is 45.6 Å². The van der Waals surface area contributed by atoms with Gasteiger partial charge in [0.05, 0.1) is 5.39 Å². The lowest BCUT2D eigenvalue weighted by molar-refractivity contribution is 0.466. The number of benzene rings is 2. The molecule has 4 aromatic rings. The largest absolute Gasteiger partial charge is 0.508 e. The van der Waals surface area contributed by atoms with Gasteiger partial charge in [-0.3, -0.25) is 0 Å². The number of allylic oxidation sites excluding steroid dienone is 4. The fourth-order valence-corrected chi connectivity index (χ4v) is 3.87. The molecule has 2 aromatic carbocycles. The summed E-state index contributed by atoms with van der Waals surface area (Å²) < 4.78 is 11.4. The van der Waals surface area contributed by atoms with E-state index in [-0.39, 0.29) is 17.1 Å². The van der Waals surface area contributed by atoms with E-state index in [1.54, 1.807) is 6.07 Å². The third-order valence-corrected chi connectivity index (χ3v) is 5.50. The predicted octanol–water partition coefficient (Wildman–Crippen LogP) is 6.73. The van der Waals surface area contributed by atoms with Crippen LogP contribution in [0, 0.1) is 0 Å². The molecule has 0 spiro atoms. The summed E-state index contributed by atoms with van der Waals surface area (Å²) in [5, 5.41) is 21.8. The van der Waals surface area contributed by atoms with Crippen LogP contribution >= 0.6 is 0 Å². The molecule has 5 nitrogen and oxygen atoms in total. The van der Waals surface area contributed by atoms with E-state index in [9.17, 15) is 15.0 Å². The number of aromatic hydroxyl groups is 2. The number of phenols is 2. The van der Waals surface area contributed by atoms with Crippen LogP contribution in [0.4, 0.5) is 0 Å². The van der Waals surface area contributed by atoms with E-state index in [1.807, 2.05) is 6.07 Å². The molecule has 4 rings (SSSR count). The second-order valence-corrected chi connectivity index (χ2v) is 8.26. The third kappa shape index (κ3) is 4.22. The van der Waals surface area contributed by atoms with Crippen molar-refractivity contribution in [2.45, 2.75) is 46.5 Å². The van der Waals surface area contributed by atoms with Gasteiger partial charge in [0.2, 0.25) is 0 Å². The molecule has 0 atom stereocenters. The molecular formula is C26H26O5. The molecule has 0 radical (unpaired) electrons. The van der Waals surface area contributed by atoms with Crippen molar-refractivity contribution in [2.24, 2.45) is 0 Å². The number of fused-ring (bicyclic) bond motifs is 5. The van der Waals surface area contributed by atoms with Gasteiger partial charge in [-0.15, -0.1) is 0 Å². The summed E-state index contributed by atoms with van der Waals surface area (Å²) >= 11 is 0. The van der Waals surface area contributed by atoms with E-state index in [2.05, 4.69) is 32.9 Å². The molecule has 0 saturated carbocycles. The minimum atomic E-state index is -0.533. The Kier molecular flexibility index (Phi) is 5.59. The molecule has 2 aromatic heterocycles. The maximum atomic E-state index is 12.5. The van der Waals surface area contributed by atoms with Crippen LogP contribution < -0.4 is 5.63 Å². The Morgan fingerprint density at radius 2 is 1.71 bits per heavy atom. The Hall–Kier alpha value is -3.47. The highest BCUT2D eigenvalue weighted by molar-refractivity contribution is 6.13. The summed E-state index contributed by atoms with van der Waals surface area (Å²) in [5.41, 5.74) is 3.97. The van der Waals surface area contributed by atoms with Crippen molar-refractivity contribution in [1.29, 1.82) is 0 Å². The second-order valence-electron chi connectivity index (χ2n) is 8.26. The molecule has 0 saturated heterocycles. The summed E-state index contributed by atoms with van der Waals surface area (Å²) in [6, 6.07) is 7.93. The number of aryl methyl sites for hydroxylation is 1. The van der Waals surface area contributed by atoms with Crippen molar-refractivity contribution in [1.82, 2.24) is 0 Å². The van der Waals surface area contributed by atoms with E-state index < -0.39 is 5.63 Å². The van der Waals surface area contributed by atoms with Crippen LogP contribution in [0.2, 0.25) is 0 Å². The number of hydrogen-bond acceptors (Lipinski definition) is 5. The first-order chi connectivity index (χ1) is 14.8. The van der Waals surface area contributed by atoms with Crippen LogP contribution in [0.25, 0.3) is 32.9 Å². The number of phenolic OH excluding ortho intramolecular Hbond substituents is 2. The van der Waals surface area contributed by atoms with Crippen LogP contribution in [-0.4, -0.2) is 10.2 Å². The quantitative estimate of drug-likeness (QED) is 0.268. The van der Waals surface area contributed by atoms with E-state index >= 15 is 0 Å². The van der Waals surface area contributed by atoms with Crippen molar-refractivity contribution in [3.63, 3.8) is 0 Å². The zero-order valence-electron chi connectivity index (χ0n) is 18.0. The van der Waals surface area contributed by atoms with E-state index in [0.717, 1.165) is 24.8 Å². The molecule has 0 aliphatic heterocycles. The van der Waals surface area contributed by atoms with Gasteiger partial charge < -0.3 is 19.0 Å². The SMILES string of the molecule is CC(C)=CCC/C(C)=C/CCc1cc2c(cc1O)oc(=O)c1c3ccc(O)cc3oc21. The molecule has 0 bridgehead atoms. The third-order valence-electron chi connectivity index (χ3n) is 5.50. The Labute approximate surface area is 179 Å². The summed E-state index contributed by atoms with van der Waals surface area (Å²) in [6.45, 7) is 6.33. The van der Waals surface area contributed by atoms with E-state index in [4.69, 9.17) is 8.83 Å². The summed E-state index contributed by atoms with van der Waals surface area (Å²) in [5.74, 6) is 0.157. The highest BCUT2D eigenvalue weighted by Gasteiger charge is 2.18. The minimum absolute atomic E-state index is 0.0605. The van der Waals surface area contributed by atoms with Gasteiger partial charge in [0.25, 0.3) is 0 Å². The van der Waals surface area contributed by atoms with Crippen LogP contribution in [-0.2, 0) is 6.42 Å². The Morgan fingerprint density at radius 3 is 2.48 bits per heavy atom. The van der Waals surface area contributed by atoms with Gasteiger partial charge in [0.15, 0.2) is 5.58 Å². The standard InChI is InChI=1S/C26H26O5/c1-15(2)6-4-7-16(3)8-5-9-17-12-20-23(14-21(17)28)31-26(29)24-19-11-10-18(27)13-22(19)30-25(20)24/h6,8,10-14,27-28H,4-5,7,9H2,1-3H3/b16-8+. The van der Waals surface area contributed by atoms with Crippen LogP contribution in [0.3, 0.4) is 0 Å². The monoisotopic (exact) mass is 418 g/mol. The lowest BCUT2D eigenvalue weighted by atomic mass is 10.0. The number of rotatable bonds is 6. The summed E-state index contributed by atoms with van der Waals surface area (Å²) in [6.07, 6.45) is 7.94. The van der Waals surface area contributed by atoms with Gasteiger partial charge in [-0.25, -0.2) is 4.79 Å². The average molecular weight is 418 g/mol. The van der Waals surface area contributed by atoms with Crippen molar-refractivity contribution < 1.29 is 19.0 Å². The van der Waals surface area contributed by atoms with Gasteiger partial charge >= 0.3 is 5.63 Å². The van der Waals surface area contributed by atoms with Gasteiger partial charge in [0.1, 0.15) is 28.1 Å². The first kappa shape index (κ1) is 20.8. The Bertz CT molecular complexity index is 1390. The second kappa shape index (κ2) is 8.34. The van der Waals surface area contributed by atoms with Gasteiger partial charge in [-0.1, -0.05) is 23.3 Å². The molecule has 2 N–H and O–H groups in total. The van der Waals surface area contributed by atoms with Crippen molar-refractivity contribution in [3.05, 3.63) is 69.6 Å². The molecule has 0 aliphatic carbocycles. The zero-order chi connectivity index (χ0) is 22.1. The molecule has 160 valence electrons. The van der Waals surface area contributed by atoms with Crippen LogP contribution in [0.15, 0.2) is 67.3 Å². The first-order valence-electron chi connectivity index (χ1n) is 10.5. The molecule has 31 heavy (non-hydrogen) atoms. The van der Waals surface area contributed by atoms with Crippen LogP contribution in [0.5, 0.6) is 11.5 Å². The van der Waals surface area contributed by atoms with Crippen molar-refractivity contribution in [3.8, 4) is 11.5 Å². The molecule has 0 fully saturated rings. The van der Waals surface area contributed by atoms with E-state index in [0.29, 0.717) is 33.7 Å². The summed E-state index contributed by atoms with van der Waals surface area (Å²) in [4.78, 5) is 12.5. The topological polar surface area (TPSA) is 83.8 Å². The minimum Gasteiger partial charge on any atom is -0.508 e. The summed E-state index contributed by atoms with van der Waals surface area (Å²) in [7, 11) is 0. The Morgan fingerprint density at radius 1 is 0.935 bits per heavy atom. The van der Waals surface area contributed by atoms with Crippen molar-refractivity contribution in [2.75, 3.05) is 0 Å². The molecule has 0 aliphatic rings. The van der Waals surface area contributed by atoms with Gasteiger partial charge in [-0.05, 0) is 70.2 Å². The molecule has 2 heterocycles. The fourth-order valence-electron chi connectivity index (χ4n) is 3.87. The number of hydrogen-bond donors (Lipinski definition) is 2. The van der Waals surface area contributed by atoms with Gasteiger partial charge in [0, 0.05) is 17.5 Å². The Balaban J connectivity index is 1.69. The highest BCUT2D eigenvalue weighted by atomic mass is 16.4. The van der Waals surface area contributed by atoms with Gasteiger partial charge in [-0.2, -0.15) is 0 Å². The maximum absolute atomic E-state index is 12.5. The lowest BCUT2D eigenvalue weighted by Gasteiger charge is -2.06. The van der Waals surface area contributed by atoms with Crippen molar-refractivity contribution >= 4 is 32.9 Å². The molecule has 5 heteroatoms. The predicted molar refractivity (Wildman–Crippen MR) is 124 cm³/mol. The lowest BCUT2D eigenvalue weighted by Crippen LogP contribution is -1.99. The molecule has 0 unspecified atom stereocenters. The zero-order valence-corrected chi connectivity index (χ0v) is 18.0. The smallest absolute Gasteiger partial charge is 0.348 e. The number of furan rings is 1. The molecular weight excluding hydrogens is 392 g/mol. The molecule has 0 amide bonds. The van der Waals surface area contributed by atoms with E-state index in [1.165, 1.54) is 29.3 Å². The average Bonchev–Trinajstić information content (AvgIpc) is 3.07. The normalized spacial score (nSPS) is 12.2.